The van der Waals surface area contributed by atoms with Gasteiger partial charge in [0.1, 0.15) is 5.75 Å². The first-order valence-electron chi connectivity index (χ1n) is 5.91. The number of rotatable bonds is 2. The number of para-hydroxylation sites is 1. The molecule has 0 radical (unpaired) electrons. The van der Waals surface area contributed by atoms with Gasteiger partial charge in [0.05, 0.1) is 15.5 Å². The van der Waals surface area contributed by atoms with Crippen molar-refractivity contribution in [2.45, 2.75) is 11.1 Å². The van der Waals surface area contributed by atoms with Gasteiger partial charge in [0.15, 0.2) is 0 Å². The number of anilines is 1. The maximum atomic E-state index is 12.7. The molecule has 0 atom stereocenters. The van der Waals surface area contributed by atoms with Crippen LogP contribution in [0.2, 0.25) is 5.02 Å². The zero-order chi connectivity index (χ0) is 16.3. The summed E-state index contributed by atoms with van der Waals surface area (Å²) in [6, 6.07) is 9.21. The van der Waals surface area contributed by atoms with Crippen LogP contribution in [-0.2, 0) is 6.18 Å². The highest BCUT2D eigenvalue weighted by Gasteiger charge is 2.33. The van der Waals surface area contributed by atoms with Crippen LogP contribution < -0.4 is 5.32 Å². The lowest BCUT2D eigenvalue weighted by Crippen LogP contribution is -2.09. The molecule has 3 nitrogen and oxygen atoms in total. The van der Waals surface area contributed by atoms with E-state index in [0.717, 1.165) is 12.1 Å². The Morgan fingerprint density at radius 3 is 2.50 bits per heavy atom. The van der Waals surface area contributed by atoms with Gasteiger partial charge in [0.2, 0.25) is 0 Å². The Balaban J connectivity index is 2.14. The highest BCUT2D eigenvalue weighted by atomic mass is 35.5. The first-order valence-corrected chi connectivity index (χ1v) is 7.10. The Labute approximate surface area is 133 Å². The Hall–Kier alpha value is -1.86. The quantitative estimate of drug-likeness (QED) is 0.716. The molecule has 0 heterocycles. The van der Waals surface area contributed by atoms with Gasteiger partial charge in [0.25, 0.3) is 5.24 Å². The predicted molar refractivity (Wildman–Crippen MR) is 79.4 cm³/mol. The molecule has 2 aromatic rings. The fraction of sp³-hybridized carbons (Fsp3) is 0.0714. The molecule has 0 fully saturated rings. The van der Waals surface area contributed by atoms with E-state index in [4.69, 9.17) is 11.6 Å². The van der Waals surface area contributed by atoms with E-state index in [1.807, 2.05) is 0 Å². The normalized spacial score (nSPS) is 11.3. The van der Waals surface area contributed by atoms with Crippen molar-refractivity contribution in [3.05, 3.63) is 53.1 Å². The van der Waals surface area contributed by atoms with Gasteiger partial charge in [-0.05, 0) is 42.1 Å². The van der Waals surface area contributed by atoms with Gasteiger partial charge < -0.3 is 10.4 Å². The van der Waals surface area contributed by atoms with Crippen LogP contribution in [0.5, 0.6) is 5.75 Å². The van der Waals surface area contributed by atoms with E-state index in [-0.39, 0.29) is 11.4 Å². The van der Waals surface area contributed by atoms with Crippen LogP contribution in [0.25, 0.3) is 0 Å². The summed E-state index contributed by atoms with van der Waals surface area (Å²) in [6.07, 6.45) is -4.61. The number of amides is 1. The molecule has 0 bridgehead atoms. The third-order valence-corrected chi connectivity index (χ3v) is 3.77. The number of carbonyl (C=O) groups is 1. The summed E-state index contributed by atoms with van der Waals surface area (Å²) in [6.45, 7) is 0. The van der Waals surface area contributed by atoms with Gasteiger partial charge in [-0.15, -0.1) is 0 Å². The van der Waals surface area contributed by atoms with E-state index >= 15 is 0 Å². The van der Waals surface area contributed by atoms with Crippen molar-refractivity contribution >= 4 is 34.3 Å². The van der Waals surface area contributed by atoms with Crippen LogP contribution in [0.15, 0.2) is 47.4 Å². The third-order valence-electron chi connectivity index (χ3n) is 2.59. The minimum Gasteiger partial charge on any atom is -0.507 e. The molecule has 0 spiro atoms. The molecule has 116 valence electrons. The minimum atomic E-state index is -4.61. The van der Waals surface area contributed by atoms with Crippen LogP contribution in [0.3, 0.4) is 0 Å². The Morgan fingerprint density at radius 1 is 1.18 bits per heavy atom. The highest BCUT2D eigenvalue weighted by Crippen LogP contribution is 2.36. The molecular weight excluding hydrogens is 339 g/mol. The van der Waals surface area contributed by atoms with Crippen molar-refractivity contribution in [2.24, 2.45) is 0 Å². The van der Waals surface area contributed by atoms with Crippen molar-refractivity contribution in [1.82, 2.24) is 0 Å². The first-order chi connectivity index (χ1) is 10.3. The topological polar surface area (TPSA) is 49.3 Å². The number of aromatic hydroxyl groups is 1. The van der Waals surface area contributed by atoms with Gasteiger partial charge in [-0.25, -0.2) is 0 Å². The predicted octanol–water partition coefficient (Wildman–Crippen LogP) is 5.39. The number of halogens is 4. The Bertz CT molecular complexity index is 707. The van der Waals surface area contributed by atoms with E-state index in [0.29, 0.717) is 16.7 Å². The van der Waals surface area contributed by atoms with E-state index in [9.17, 15) is 23.1 Å². The van der Waals surface area contributed by atoms with E-state index in [1.54, 1.807) is 12.1 Å². The molecule has 2 N–H and O–H groups in total. The van der Waals surface area contributed by atoms with Gasteiger partial charge in [-0.1, -0.05) is 23.7 Å². The highest BCUT2D eigenvalue weighted by molar-refractivity contribution is 8.14. The molecule has 0 aliphatic rings. The van der Waals surface area contributed by atoms with Crippen molar-refractivity contribution in [3.63, 3.8) is 0 Å². The van der Waals surface area contributed by atoms with Crippen LogP contribution in [-0.4, -0.2) is 10.3 Å². The molecule has 1 amide bonds. The number of thioether (sulfide) groups is 1. The molecule has 8 heteroatoms. The average molecular weight is 348 g/mol. The molecule has 0 aliphatic heterocycles. The number of phenols is 1. The summed E-state index contributed by atoms with van der Waals surface area (Å²) < 4.78 is 38.2. The first kappa shape index (κ1) is 16.5. The average Bonchev–Trinajstić information content (AvgIpc) is 2.42. The summed E-state index contributed by atoms with van der Waals surface area (Å²) in [4.78, 5) is 12.1. The van der Waals surface area contributed by atoms with E-state index < -0.39 is 22.0 Å². The fourth-order valence-corrected chi connectivity index (χ4v) is 2.52. The third kappa shape index (κ3) is 4.08. The SMILES string of the molecule is O=C(Nc1ccc(Cl)c(C(F)(F)F)c1)Sc1ccccc1O. The Kier molecular flexibility index (Phi) is 4.87. The zero-order valence-electron chi connectivity index (χ0n) is 10.8. The lowest BCUT2D eigenvalue weighted by Gasteiger charge is -2.11. The van der Waals surface area contributed by atoms with Crippen molar-refractivity contribution in [3.8, 4) is 5.75 Å². The molecule has 0 saturated heterocycles. The van der Waals surface area contributed by atoms with Crippen molar-refractivity contribution in [2.75, 3.05) is 5.32 Å². The second kappa shape index (κ2) is 6.50. The number of benzene rings is 2. The Morgan fingerprint density at radius 2 is 1.86 bits per heavy atom. The van der Waals surface area contributed by atoms with E-state index in [2.05, 4.69) is 5.32 Å². The van der Waals surface area contributed by atoms with Crippen LogP contribution in [0, 0.1) is 0 Å². The molecule has 0 saturated carbocycles. The summed E-state index contributed by atoms with van der Waals surface area (Å²) >= 11 is 6.17. The van der Waals surface area contributed by atoms with Crippen molar-refractivity contribution in [1.29, 1.82) is 0 Å². The molecule has 22 heavy (non-hydrogen) atoms. The second-order valence-corrected chi connectivity index (χ2v) is 5.60. The van der Waals surface area contributed by atoms with Crippen LogP contribution >= 0.6 is 23.4 Å². The largest absolute Gasteiger partial charge is 0.507 e. The standard InChI is InChI=1S/C14H9ClF3NO2S/c15-10-6-5-8(7-9(10)14(16,17)18)19-13(21)22-12-4-2-1-3-11(12)20/h1-7,20H,(H,19,21). The van der Waals surface area contributed by atoms with Crippen LogP contribution in [0.4, 0.5) is 23.7 Å². The van der Waals surface area contributed by atoms with E-state index in [1.165, 1.54) is 18.2 Å². The smallest absolute Gasteiger partial charge is 0.417 e. The lowest BCUT2D eigenvalue weighted by molar-refractivity contribution is -0.137. The van der Waals surface area contributed by atoms with Gasteiger partial charge in [-0.3, -0.25) is 4.79 Å². The zero-order valence-corrected chi connectivity index (χ0v) is 12.4. The minimum absolute atomic E-state index is 0.0374. The molecule has 0 aliphatic carbocycles. The maximum absolute atomic E-state index is 12.7. The summed E-state index contributed by atoms with van der Waals surface area (Å²) in [5.74, 6) is -0.0882. The molecule has 2 rings (SSSR count). The number of hydrogen-bond acceptors (Lipinski definition) is 3. The molecular formula is C14H9ClF3NO2S. The van der Waals surface area contributed by atoms with Gasteiger partial charge >= 0.3 is 6.18 Å². The van der Waals surface area contributed by atoms with Gasteiger partial charge in [-0.2, -0.15) is 13.2 Å². The maximum Gasteiger partial charge on any atom is 0.417 e. The number of nitrogens with one attached hydrogen (secondary N) is 1. The summed E-state index contributed by atoms with van der Waals surface area (Å²) in [5.41, 5.74) is -1.07. The second-order valence-electron chi connectivity index (χ2n) is 4.17. The molecule has 2 aromatic carbocycles. The number of hydrogen-bond donors (Lipinski definition) is 2. The molecule has 0 aromatic heterocycles. The fourth-order valence-electron chi connectivity index (χ4n) is 1.61. The van der Waals surface area contributed by atoms with Crippen LogP contribution in [0.1, 0.15) is 5.56 Å². The van der Waals surface area contributed by atoms with Crippen molar-refractivity contribution < 1.29 is 23.1 Å². The summed E-state index contributed by atoms with van der Waals surface area (Å²) in [7, 11) is 0. The lowest BCUT2D eigenvalue weighted by atomic mass is 10.2. The number of alkyl halides is 3. The summed E-state index contributed by atoms with van der Waals surface area (Å²) in [5, 5.41) is 10.8. The van der Waals surface area contributed by atoms with Gasteiger partial charge in [0, 0.05) is 5.69 Å². The number of phenolic OH excluding ortho intramolecular Hbond substituents is 1. The monoisotopic (exact) mass is 347 g/mol. The number of carbonyl (C=O) groups excluding carboxylic acids is 1. The molecule has 0 unspecified atom stereocenters.